The van der Waals surface area contributed by atoms with Gasteiger partial charge in [-0.25, -0.2) is 18.1 Å². The molecule has 25 heavy (non-hydrogen) atoms. The number of aromatic amines is 1. The molecule has 2 N–H and O–H groups in total. The van der Waals surface area contributed by atoms with Gasteiger partial charge in [-0.3, -0.25) is 4.40 Å². The lowest BCUT2D eigenvalue weighted by atomic mass is 9.85. The Morgan fingerprint density at radius 2 is 2.24 bits per heavy atom. The predicted molar refractivity (Wildman–Crippen MR) is 94.8 cm³/mol. The van der Waals surface area contributed by atoms with E-state index in [1.165, 1.54) is 0 Å². The van der Waals surface area contributed by atoms with Gasteiger partial charge in [0, 0.05) is 18.2 Å². The number of nitrogens with one attached hydrogen (secondary N) is 2. The molecule has 0 aliphatic heterocycles. The average Bonchev–Trinajstić information content (AvgIpc) is 3.20. The van der Waals surface area contributed by atoms with Gasteiger partial charge in [-0.05, 0) is 31.7 Å². The SMILES string of the molecule is CCCS(=O)(=O)N[C@@H]1CCC[C@H](c2nnc3cnc4[nH]ccc4n23)C1. The van der Waals surface area contributed by atoms with Gasteiger partial charge in [-0.1, -0.05) is 13.3 Å². The third kappa shape index (κ3) is 3.13. The Balaban J connectivity index is 1.63. The molecule has 8 nitrogen and oxygen atoms in total. The van der Waals surface area contributed by atoms with Gasteiger partial charge >= 0.3 is 0 Å². The smallest absolute Gasteiger partial charge is 0.211 e. The zero-order valence-corrected chi connectivity index (χ0v) is 15.0. The molecule has 9 heteroatoms. The molecule has 2 atom stereocenters. The molecule has 0 radical (unpaired) electrons. The van der Waals surface area contributed by atoms with Gasteiger partial charge < -0.3 is 4.98 Å². The zero-order chi connectivity index (χ0) is 17.4. The summed E-state index contributed by atoms with van der Waals surface area (Å²) in [6.07, 6.45) is 7.76. The molecule has 0 amide bonds. The summed E-state index contributed by atoms with van der Waals surface area (Å²) in [5.74, 6) is 1.25. The first kappa shape index (κ1) is 16.5. The molecule has 1 aliphatic carbocycles. The van der Waals surface area contributed by atoms with Gasteiger partial charge in [-0.15, -0.1) is 10.2 Å². The monoisotopic (exact) mass is 362 g/mol. The number of nitrogens with zero attached hydrogens (tertiary/aromatic N) is 4. The number of fused-ring (bicyclic) bond motifs is 3. The van der Waals surface area contributed by atoms with Crippen LogP contribution in [0.4, 0.5) is 0 Å². The molecular weight excluding hydrogens is 340 g/mol. The van der Waals surface area contributed by atoms with Crippen LogP contribution in [0.25, 0.3) is 16.8 Å². The van der Waals surface area contributed by atoms with Crippen LogP contribution in [0, 0.1) is 0 Å². The summed E-state index contributed by atoms with van der Waals surface area (Å²) < 4.78 is 29.1. The van der Waals surface area contributed by atoms with E-state index in [9.17, 15) is 8.42 Å². The van der Waals surface area contributed by atoms with Crippen molar-refractivity contribution in [3.05, 3.63) is 24.3 Å². The van der Waals surface area contributed by atoms with E-state index in [1.807, 2.05) is 23.6 Å². The zero-order valence-electron chi connectivity index (χ0n) is 14.1. The van der Waals surface area contributed by atoms with Gasteiger partial charge in [0.05, 0.1) is 17.5 Å². The van der Waals surface area contributed by atoms with Crippen molar-refractivity contribution in [2.45, 2.75) is 51.0 Å². The largest absolute Gasteiger partial charge is 0.345 e. The second kappa shape index (κ2) is 6.38. The van der Waals surface area contributed by atoms with E-state index in [0.717, 1.165) is 48.3 Å². The lowest BCUT2D eigenvalue weighted by molar-refractivity contribution is 0.361. The fraction of sp³-hybridized carbons (Fsp3) is 0.562. The highest BCUT2D eigenvalue weighted by molar-refractivity contribution is 7.89. The van der Waals surface area contributed by atoms with Crippen LogP contribution in [0.1, 0.15) is 50.8 Å². The Morgan fingerprint density at radius 3 is 3.08 bits per heavy atom. The van der Waals surface area contributed by atoms with Crippen molar-refractivity contribution in [1.82, 2.24) is 29.3 Å². The molecule has 3 aromatic heterocycles. The van der Waals surface area contributed by atoms with Crippen LogP contribution in [-0.2, 0) is 10.0 Å². The molecule has 3 aromatic rings. The Hall–Kier alpha value is -2.00. The van der Waals surface area contributed by atoms with Crippen LogP contribution < -0.4 is 4.72 Å². The summed E-state index contributed by atoms with van der Waals surface area (Å²) in [5.41, 5.74) is 2.46. The lowest BCUT2D eigenvalue weighted by Crippen LogP contribution is -2.39. The Kier molecular flexibility index (Phi) is 4.20. The standard InChI is InChI=1S/C16H22N6O2S/c1-2-8-25(23,24)21-12-5-3-4-11(9-12)16-20-19-14-10-18-15-13(22(14)16)6-7-17-15/h6-7,10-12,17,21H,2-5,8-9H2,1H3/t11-,12+/m0/s1. The molecule has 4 rings (SSSR count). The summed E-state index contributed by atoms with van der Waals surface area (Å²) >= 11 is 0. The first-order chi connectivity index (χ1) is 12.1. The first-order valence-corrected chi connectivity index (χ1v) is 10.4. The quantitative estimate of drug-likeness (QED) is 0.722. The maximum atomic E-state index is 12.1. The van der Waals surface area contributed by atoms with Crippen molar-refractivity contribution < 1.29 is 8.42 Å². The summed E-state index contributed by atoms with van der Waals surface area (Å²) in [5, 5.41) is 8.65. The second-order valence-electron chi connectivity index (χ2n) is 6.72. The van der Waals surface area contributed by atoms with Crippen molar-refractivity contribution in [2.24, 2.45) is 0 Å². The molecule has 1 aliphatic rings. The van der Waals surface area contributed by atoms with Crippen LogP contribution >= 0.6 is 0 Å². The second-order valence-corrected chi connectivity index (χ2v) is 8.59. The maximum Gasteiger partial charge on any atom is 0.211 e. The number of rotatable bonds is 5. The van der Waals surface area contributed by atoms with Crippen molar-refractivity contribution >= 4 is 26.8 Å². The summed E-state index contributed by atoms with van der Waals surface area (Å²) in [6.45, 7) is 1.88. The molecular formula is C16H22N6O2S. The molecule has 0 spiro atoms. The Morgan fingerprint density at radius 1 is 1.36 bits per heavy atom. The minimum absolute atomic E-state index is 0.0359. The normalized spacial score (nSPS) is 22.0. The van der Waals surface area contributed by atoms with Crippen LogP contribution in [-0.4, -0.2) is 44.8 Å². The van der Waals surface area contributed by atoms with Crippen molar-refractivity contribution in [3.8, 4) is 0 Å². The van der Waals surface area contributed by atoms with Crippen molar-refractivity contribution in [3.63, 3.8) is 0 Å². The third-order valence-corrected chi connectivity index (χ3v) is 6.46. The van der Waals surface area contributed by atoms with Gasteiger partial charge in [0.2, 0.25) is 10.0 Å². The topological polar surface area (TPSA) is 105 Å². The lowest BCUT2D eigenvalue weighted by Gasteiger charge is -2.28. The Labute approximate surface area is 146 Å². The highest BCUT2D eigenvalue weighted by Gasteiger charge is 2.29. The highest BCUT2D eigenvalue weighted by atomic mass is 32.2. The molecule has 0 saturated heterocycles. The fourth-order valence-corrected chi connectivity index (χ4v) is 5.15. The van der Waals surface area contributed by atoms with Gasteiger partial charge in [0.1, 0.15) is 5.82 Å². The fourth-order valence-electron chi connectivity index (χ4n) is 3.78. The summed E-state index contributed by atoms with van der Waals surface area (Å²) in [7, 11) is -3.20. The number of H-pyrrole nitrogens is 1. The highest BCUT2D eigenvalue weighted by Crippen LogP contribution is 2.33. The summed E-state index contributed by atoms with van der Waals surface area (Å²) in [4.78, 5) is 7.45. The van der Waals surface area contributed by atoms with E-state index in [2.05, 4.69) is 24.9 Å². The number of hydrogen-bond donors (Lipinski definition) is 2. The van der Waals surface area contributed by atoms with Crippen molar-refractivity contribution in [1.29, 1.82) is 0 Å². The van der Waals surface area contributed by atoms with Gasteiger partial charge in [-0.2, -0.15) is 0 Å². The van der Waals surface area contributed by atoms with E-state index in [0.29, 0.717) is 6.42 Å². The molecule has 134 valence electrons. The average molecular weight is 362 g/mol. The van der Waals surface area contributed by atoms with E-state index in [-0.39, 0.29) is 17.7 Å². The third-order valence-electron chi connectivity index (χ3n) is 4.83. The predicted octanol–water partition coefficient (Wildman–Crippen LogP) is 1.96. The van der Waals surface area contributed by atoms with E-state index in [1.54, 1.807) is 6.20 Å². The molecule has 0 aromatic carbocycles. The van der Waals surface area contributed by atoms with Gasteiger partial charge in [0.25, 0.3) is 0 Å². The van der Waals surface area contributed by atoms with Crippen LogP contribution in [0.3, 0.4) is 0 Å². The van der Waals surface area contributed by atoms with E-state index in [4.69, 9.17) is 0 Å². The van der Waals surface area contributed by atoms with Gasteiger partial charge in [0.15, 0.2) is 11.3 Å². The first-order valence-electron chi connectivity index (χ1n) is 8.74. The van der Waals surface area contributed by atoms with E-state index >= 15 is 0 Å². The Bertz CT molecular complexity index is 993. The van der Waals surface area contributed by atoms with Crippen LogP contribution in [0.2, 0.25) is 0 Å². The molecule has 1 saturated carbocycles. The molecule has 0 unspecified atom stereocenters. The minimum atomic E-state index is -3.20. The van der Waals surface area contributed by atoms with Crippen LogP contribution in [0.5, 0.6) is 0 Å². The molecule has 1 fully saturated rings. The van der Waals surface area contributed by atoms with Crippen molar-refractivity contribution in [2.75, 3.05) is 5.75 Å². The molecule has 0 bridgehead atoms. The number of sulfonamides is 1. The maximum absolute atomic E-state index is 12.1. The minimum Gasteiger partial charge on any atom is -0.345 e. The summed E-state index contributed by atoms with van der Waals surface area (Å²) in [6, 6.07) is 1.93. The molecule has 3 heterocycles. The van der Waals surface area contributed by atoms with E-state index < -0.39 is 10.0 Å². The number of hydrogen-bond acceptors (Lipinski definition) is 5. The number of aromatic nitrogens is 5. The van der Waals surface area contributed by atoms with Crippen LogP contribution in [0.15, 0.2) is 18.5 Å².